The van der Waals surface area contributed by atoms with Gasteiger partial charge in [0.1, 0.15) is 0 Å². The Morgan fingerprint density at radius 2 is 2.12 bits per heavy atom. The molecule has 2 aliphatic heterocycles. The Balaban J connectivity index is 1.77. The molecule has 1 nitrogen and oxygen atoms in total. The summed E-state index contributed by atoms with van der Waals surface area (Å²) in [4.78, 5) is 0. The van der Waals surface area contributed by atoms with E-state index in [1.54, 1.807) is 0 Å². The first-order valence-electron chi connectivity index (χ1n) is 6.44. The van der Waals surface area contributed by atoms with E-state index >= 15 is 0 Å². The van der Waals surface area contributed by atoms with E-state index in [2.05, 4.69) is 49.6 Å². The number of rotatable bonds is 3. The van der Waals surface area contributed by atoms with Crippen molar-refractivity contribution in [2.24, 2.45) is 5.41 Å². The zero-order chi connectivity index (χ0) is 11.6. The summed E-state index contributed by atoms with van der Waals surface area (Å²) < 4.78 is 0.520. The van der Waals surface area contributed by atoms with Crippen LogP contribution in [-0.2, 0) is 0 Å². The van der Waals surface area contributed by atoms with Crippen molar-refractivity contribution in [1.29, 1.82) is 0 Å². The van der Waals surface area contributed by atoms with Crippen LogP contribution in [0.1, 0.15) is 40.0 Å². The number of hydrogen-bond acceptors (Lipinski definition) is 3. The molecule has 0 spiro atoms. The quantitative estimate of drug-likeness (QED) is 0.834. The largest absolute Gasteiger partial charge is 0.312 e. The van der Waals surface area contributed by atoms with E-state index in [0.29, 0.717) is 10.2 Å². The van der Waals surface area contributed by atoms with Crippen molar-refractivity contribution in [3.63, 3.8) is 0 Å². The Labute approximate surface area is 109 Å². The minimum Gasteiger partial charge on any atom is -0.312 e. The van der Waals surface area contributed by atoms with E-state index in [4.69, 9.17) is 0 Å². The summed E-state index contributed by atoms with van der Waals surface area (Å²) in [5.74, 6) is 4.00. The first-order valence-corrected chi connectivity index (χ1v) is 8.58. The Bertz CT molecular complexity index is 234. The summed E-state index contributed by atoms with van der Waals surface area (Å²) in [6.07, 6.45) is 4.16. The van der Waals surface area contributed by atoms with Gasteiger partial charge in [0.15, 0.2) is 0 Å². The zero-order valence-corrected chi connectivity index (χ0v) is 12.5. The fourth-order valence-electron chi connectivity index (χ4n) is 2.73. The third-order valence-electron chi connectivity index (χ3n) is 3.68. The number of thioether (sulfide) groups is 2. The lowest BCUT2D eigenvalue weighted by atomic mass is 9.87. The summed E-state index contributed by atoms with van der Waals surface area (Å²) >= 11 is 4.29. The maximum Gasteiger partial charge on any atom is 0.0256 e. The van der Waals surface area contributed by atoms with Crippen molar-refractivity contribution in [3.05, 3.63) is 0 Å². The van der Waals surface area contributed by atoms with Crippen molar-refractivity contribution < 1.29 is 0 Å². The van der Waals surface area contributed by atoms with E-state index in [-0.39, 0.29) is 0 Å². The van der Waals surface area contributed by atoms with E-state index < -0.39 is 0 Å². The van der Waals surface area contributed by atoms with Gasteiger partial charge in [0.05, 0.1) is 0 Å². The van der Waals surface area contributed by atoms with E-state index in [1.165, 1.54) is 43.1 Å². The van der Waals surface area contributed by atoms with Crippen LogP contribution < -0.4 is 5.32 Å². The molecule has 2 aliphatic rings. The Morgan fingerprint density at radius 3 is 2.75 bits per heavy atom. The molecule has 2 atom stereocenters. The van der Waals surface area contributed by atoms with Gasteiger partial charge in [-0.25, -0.2) is 0 Å². The van der Waals surface area contributed by atoms with Crippen molar-refractivity contribution in [1.82, 2.24) is 5.32 Å². The van der Waals surface area contributed by atoms with Gasteiger partial charge in [-0.15, -0.1) is 0 Å². The fourth-order valence-corrected chi connectivity index (χ4v) is 5.29. The maximum absolute atomic E-state index is 3.82. The molecule has 2 rings (SSSR count). The lowest BCUT2D eigenvalue weighted by Gasteiger charge is -2.37. The second kappa shape index (κ2) is 5.11. The highest BCUT2D eigenvalue weighted by Crippen LogP contribution is 2.38. The molecule has 0 bridgehead atoms. The van der Waals surface area contributed by atoms with Gasteiger partial charge >= 0.3 is 0 Å². The van der Waals surface area contributed by atoms with Crippen molar-refractivity contribution in [2.45, 2.75) is 50.8 Å². The molecular weight excluding hydrogens is 234 g/mol. The van der Waals surface area contributed by atoms with Crippen LogP contribution >= 0.6 is 23.5 Å². The first-order chi connectivity index (χ1) is 7.49. The molecule has 1 N–H and O–H groups in total. The van der Waals surface area contributed by atoms with Gasteiger partial charge in [0.25, 0.3) is 0 Å². The molecule has 0 aromatic rings. The average Bonchev–Trinajstić information content (AvgIpc) is 2.62. The number of hydrogen-bond donors (Lipinski definition) is 1. The molecule has 3 heteroatoms. The maximum atomic E-state index is 3.82. The standard InChI is InChI=1S/C13H25NS2/c1-12(2)7-11(8-15-10-12)14-9-13(3)5-4-6-16-13/h11,14H,4-10H2,1-3H3. The summed E-state index contributed by atoms with van der Waals surface area (Å²) in [7, 11) is 0. The average molecular weight is 259 g/mol. The molecule has 2 unspecified atom stereocenters. The van der Waals surface area contributed by atoms with Crippen molar-refractivity contribution >= 4 is 23.5 Å². The van der Waals surface area contributed by atoms with Crippen LogP contribution in [0.4, 0.5) is 0 Å². The van der Waals surface area contributed by atoms with Crippen LogP contribution in [0.15, 0.2) is 0 Å². The lowest BCUT2D eigenvalue weighted by Crippen LogP contribution is -2.45. The molecule has 2 fully saturated rings. The van der Waals surface area contributed by atoms with Gasteiger partial charge < -0.3 is 5.32 Å². The van der Waals surface area contributed by atoms with Crippen LogP contribution in [0, 0.1) is 5.41 Å². The summed E-state index contributed by atoms with van der Waals surface area (Å²) in [5.41, 5.74) is 0.532. The molecule has 2 heterocycles. The normalized spacial score (nSPS) is 38.8. The minimum absolute atomic E-state index is 0.520. The highest BCUT2D eigenvalue weighted by molar-refractivity contribution is 8.00. The fraction of sp³-hybridized carbons (Fsp3) is 1.00. The van der Waals surface area contributed by atoms with Gasteiger partial charge in [-0.1, -0.05) is 13.8 Å². The molecule has 0 aromatic carbocycles. The highest BCUT2D eigenvalue weighted by Gasteiger charge is 2.32. The minimum atomic E-state index is 0.520. The van der Waals surface area contributed by atoms with Gasteiger partial charge in [-0.05, 0) is 43.1 Å². The molecule has 94 valence electrons. The van der Waals surface area contributed by atoms with Crippen molar-refractivity contribution in [3.8, 4) is 0 Å². The lowest BCUT2D eigenvalue weighted by molar-refractivity contribution is 0.312. The second-order valence-electron chi connectivity index (χ2n) is 6.36. The van der Waals surface area contributed by atoms with Crippen LogP contribution in [0.2, 0.25) is 0 Å². The Morgan fingerprint density at radius 1 is 1.31 bits per heavy atom. The molecule has 2 saturated heterocycles. The summed E-state index contributed by atoms with van der Waals surface area (Å²) in [6, 6.07) is 0.742. The van der Waals surface area contributed by atoms with Crippen LogP contribution in [0.5, 0.6) is 0 Å². The van der Waals surface area contributed by atoms with Crippen LogP contribution in [0.25, 0.3) is 0 Å². The number of nitrogens with one attached hydrogen (secondary N) is 1. The molecule has 0 amide bonds. The predicted octanol–water partition coefficient (Wildman–Crippen LogP) is 3.39. The molecular formula is C13H25NS2. The molecule has 0 aliphatic carbocycles. The third-order valence-corrected chi connectivity index (χ3v) is 6.84. The molecule has 0 aromatic heterocycles. The smallest absolute Gasteiger partial charge is 0.0256 e. The van der Waals surface area contributed by atoms with Crippen LogP contribution in [0.3, 0.4) is 0 Å². The first kappa shape index (κ1) is 13.1. The third kappa shape index (κ3) is 3.58. The molecule has 0 radical (unpaired) electrons. The summed E-state index contributed by atoms with van der Waals surface area (Å²) in [6.45, 7) is 8.44. The molecule has 0 saturated carbocycles. The topological polar surface area (TPSA) is 12.0 Å². The van der Waals surface area contributed by atoms with E-state index in [1.807, 2.05) is 0 Å². The second-order valence-corrected chi connectivity index (χ2v) is 9.08. The SMILES string of the molecule is CC1(C)CSCC(NCC2(C)CCCS2)C1. The highest BCUT2D eigenvalue weighted by atomic mass is 32.2. The van der Waals surface area contributed by atoms with Crippen molar-refractivity contribution in [2.75, 3.05) is 23.8 Å². The Kier molecular flexibility index (Phi) is 4.19. The zero-order valence-electron chi connectivity index (χ0n) is 10.8. The van der Waals surface area contributed by atoms with Crippen LogP contribution in [-0.4, -0.2) is 34.6 Å². The molecule has 16 heavy (non-hydrogen) atoms. The Hall–Kier alpha value is 0.660. The van der Waals surface area contributed by atoms with Gasteiger partial charge in [0.2, 0.25) is 0 Å². The van der Waals surface area contributed by atoms with E-state index in [9.17, 15) is 0 Å². The van der Waals surface area contributed by atoms with E-state index in [0.717, 1.165) is 6.04 Å². The monoisotopic (exact) mass is 259 g/mol. The van der Waals surface area contributed by atoms with Gasteiger partial charge in [-0.3, -0.25) is 0 Å². The predicted molar refractivity (Wildman–Crippen MR) is 77.6 cm³/mol. The van der Waals surface area contributed by atoms with Gasteiger partial charge in [-0.2, -0.15) is 23.5 Å². The summed E-state index contributed by atoms with van der Waals surface area (Å²) in [5, 5.41) is 3.82. The van der Waals surface area contributed by atoms with Gasteiger partial charge in [0, 0.05) is 23.1 Å².